The summed E-state index contributed by atoms with van der Waals surface area (Å²) in [6, 6.07) is 5.17. The molecule has 0 atom stereocenters. The van der Waals surface area contributed by atoms with Crippen LogP contribution in [-0.4, -0.2) is 19.4 Å². The van der Waals surface area contributed by atoms with Crippen LogP contribution in [0.2, 0.25) is 0 Å². The van der Waals surface area contributed by atoms with Gasteiger partial charge in [-0.2, -0.15) is 0 Å². The van der Waals surface area contributed by atoms with Crippen LogP contribution in [0, 0.1) is 0 Å². The van der Waals surface area contributed by atoms with E-state index >= 15 is 0 Å². The molecule has 0 bridgehead atoms. The first-order valence-electron chi connectivity index (χ1n) is 6.58. The molecule has 0 saturated heterocycles. The first-order valence-corrected chi connectivity index (χ1v) is 8.95. The third kappa shape index (κ3) is 3.62. The zero-order valence-electron chi connectivity index (χ0n) is 11.4. The second-order valence-electron chi connectivity index (χ2n) is 4.99. The number of aromatic nitrogens is 1. The van der Waals surface area contributed by atoms with Crippen molar-refractivity contribution in [3.05, 3.63) is 35.3 Å². The molecule has 7 nitrogen and oxygen atoms in total. The molecule has 1 aromatic carbocycles. The van der Waals surface area contributed by atoms with Gasteiger partial charge < -0.3 is 5.32 Å². The van der Waals surface area contributed by atoms with Crippen LogP contribution in [0.15, 0.2) is 35.4 Å². The van der Waals surface area contributed by atoms with Gasteiger partial charge in [-0.1, -0.05) is 0 Å². The lowest BCUT2D eigenvalue weighted by Gasteiger charge is -2.06. The van der Waals surface area contributed by atoms with Crippen LogP contribution < -0.4 is 15.8 Å². The minimum absolute atomic E-state index is 0.00698. The minimum atomic E-state index is -3.73. The van der Waals surface area contributed by atoms with Crippen molar-refractivity contribution >= 4 is 38.2 Å². The van der Waals surface area contributed by atoms with E-state index in [0.29, 0.717) is 16.7 Å². The summed E-state index contributed by atoms with van der Waals surface area (Å²) in [5, 5.41) is 10.8. The molecule has 1 aliphatic rings. The zero-order valence-corrected chi connectivity index (χ0v) is 13.1. The molecule has 1 saturated carbocycles. The number of urea groups is 1. The number of benzene rings is 1. The number of nitrogens with zero attached hydrogens (tertiary/aromatic N) is 1. The highest BCUT2D eigenvalue weighted by atomic mass is 32.2. The number of primary sulfonamides is 1. The summed E-state index contributed by atoms with van der Waals surface area (Å²) in [6.07, 6.45) is 4.16. The predicted octanol–water partition coefficient (Wildman–Crippen LogP) is 2.31. The van der Waals surface area contributed by atoms with E-state index in [2.05, 4.69) is 15.6 Å². The Morgan fingerprint density at radius 3 is 2.50 bits per heavy atom. The third-order valence-electron chi connectivity index (χ3n) is 3.16. The highest BCUT2D eigenvalue weighted by molar-refractivity contribution is 7.89. The van der Waals surface area contributed by atoms with Crippen LogP contribution >= 0.6 is 11.3 Å². The van der Waals surface area contributed by atoms with E-state index in [1.54, 1.807) is 6.20 Å². The summed E-state index contributed by atoms with van der Waals surface area (Å²) in [6.45, 7) is 0. The van der Waals surface area contributed by atoms with Crippen molar-refractivity contribution in [1.82, 2.24) is 4.98 Å². The SMILES string of the molecule is NS(=O)(=O)c1ccc(NC(=O)Nc2ncc(C3CC3)s2)cc1. The summed E-state index contributed by atoms with van der Waals surface area (Å²) in [4.78, 5) is 17.2. The van der Waals surface area contributed by atoms with Crippen LogP contribution in [0.1, 0.15) is 23.6 Å². The number of carbonyl (C=O) groups excluding carboxylic acids is 1. The first kappa shape index (κ1) is 14.9. The van der Waals surface area contributed by atoms with Crippen molar-refractivity contribution < 1.29 is 13.2 Å². The number of sulfonamides is 1. The molecule has 1 aromatic heterocycles. The second kappa shape index (κ2) is 5.67. The maximum absolute atomic E-state index is 11.9. The van der Waals surface area contributed by atoms with Gasteiger partial charge in [0.25, 0.3) is 0 Å². The number of thiazole rings is 1. The molecular formula is C13H14N4O3S2. The summed E-state index contributed by atoms with van der Waals surface area (Å²) < 4.78 is 22.3. The van der Waals surface area contributed by atoms with E-state index in [1.165, 1.54) is 53.3 Å². The Morgan fingerprint density at radius 2 is 1.91 bits per heavy atom. The van der Waals surface area contributed by atoms with Crippen molar-refractivity contribution in [1.29, 1.82) is 0 Å². The number of anilines is 2. The molecule has 1 fully saturated rings. The van der Waals surface area contributed by atoms with Gasteiger partial charge >= 0.3 is 6.03 Å². The Morgan fingerprint density at radius 1 is 1.23 bits per heavy atom. The Labute approximate surface area is 131 Å². The lowest BCUT2D eigenvalue weighted by Crippen LogP contribution is -2.19. The normalized spacial score (nSPS) is 14.6. The van der Waals surface area contributed by atoms with Gasteiger partial charge in [-0.25, -0.2) is 23.3 Å². The topological polar surface area (TPSA) is 114 Å². The lowest BCUT2D eigenvalue weighted by atomic mass is 10.3. The fraction of sp³-hybridized carbons (Fsp3) is 0.231. The van der Waals surface area contributed by atoms with Crippen molar-refractivity contribution in [2.75, 3.05) is 10.6 Å². The number of amides is 2. The first-order chi connectivity index (χ1) is 10.4. The molecule has 0 spiro atoms. The Balaban J connectivity index is 1.61. The summed E-state index contributed by atoms with van der Waals surface area (Å²) in [5.41, 5.74) is 0.462. The molecule has 22 heavy (non-hydrogen) atoms. The van der Waals surface area contributed by atoms with Gasteiger partial charge in [-0.15, -0.1) is 11.3 Å². The van der Waals surface area contributed by atoms with Gasteiger partial charge in [0.05, 0.1) is 4.90 Å². The van der Waals surface area contributed by atoms with Gasteiger partial charge in [0.1, 0.15) is 0 Å². The maximum atomic E-state index is 11.9. The van der Waals surface area contributed by atoms with Crippen LogP contribution in [0.25, 0.3) is 0 Å². The Hall–Kier alpha value is -1.97. The highest BCUT2D eigenvalue weighted by Gasteiger charge is 2.25. The van der Waals surface area contributed by atoms with E-state index in [0.717, 1.165) is 0 Å². The average molecular weight is 338 g/mol. The molecule has 9 heteroatoms. The van der Waals surface area contributed by atoms with E-state index in [9.17, 15) is 13.2 Å². The number of carbonyl (C=O) groups is 1. The minimum Gasteiger partial charge on any atom is -0.308 e. The molecule has 0 aliphatic heterocycles. The fourth-order valence-corrected chi connectivity index (χ4v) is 3.38. The fourth-order valence-electron chi connectivity index (χ4n) is 1.89. The molecule has 0 radical (unpaired) electrons. The van der Waals surface area contributed by atoms with E-state index in [-0.39, 0.29) is 4.90 Å². The molecule has 1 heterocycles. The van der Waals surface area contributed by atoms with Crippen LogP contribution in [0.3, 0.4) is 0 Å². The summed E-state index contributed by atoms with van der Waals surface area (Å²) >= 11 is 1.47. The van der Waals surface area contributed by atoms with E-state index in [1.807, 2.05) is 0 Å². The number of hydrogen-bond acceptors (Lipinski definition) is 5. The van der Waals surface area contributed by atoms with Crippen LogP contribution in [0.5, 0.6) is 0 Å². The monoisotopic (exact) mass is 338 g/mol. The molecule has 116 valence electrons. The molecule has 1 aliphatic carbocycles. The van der Waals surface area contributed by atoms with Gasteiger partial charge in [-0.3, -0.25) is 5.32 Å². The average Bonchev–Trinajstić information content (AvgIpc) is 3.19. The number of rotatable bonds is 4. The largest absolute Gasteiger partial charge is 0.325 e. The van der Waals surface area contributed by atoms with Gasteiger partial charge in [0, 0.05) is 16.8 Å². The van der Waals surface area contributed by atoms with Gasteiger partial charge in [-0.05, 0) is 43.0 Å². The molecule has 2 amide bonds. The predicted molar refractivity (Wildman–Crippen MR) is 84.5 cm³/mol. The lowest BCUT2D eigenvalue weighted by molar-refractivity contribution is 0.262. The standard InChI is InChI=1S/C13H14N4O3S2/c14-22(19,20)10-5-3-9(4-6-10)16-12(18)17-13-15-7-11(21-13)8-1-2-8/h3-8H,1-2H2,(H2,14,19,20)(H2,15,16,17,18). The number of nitrogens with one attached hydrogen (secondary N) is 2. The summed E-state index contributed by atoms with van der Waals surface area (Å²) in [5.74, 6) is 0.599. The quantitative estimate of drug-likeness (QED) is 0.793. The van der Waals surface area contributed by atoms with Crippen molar-refractivity contribution in [2.45, 2.75) is 23.7 Å². The second-order valence-corrected chi connectivity index (χ2v) is 7.61. The molecule has 4 N–H and O–H groups in total. The van der Waals surface area contributed by atoms with Gasteiger partial charge in [0.15, 0.2) is 5.13 Å². The molecular weight excluding hydrogens is 324 g/mol. The van der Waals surface area contributed by atoms with E-state index < -0.39 is 16.1 Å². The number of nitrogens with two attached hydrogens (primary N) is 1. The summed E-state index contributed by atoms with van der Waals surface area (Å²) in [7, 11) is -3.73. The Bertz CT molecular complexity index is 795. The van der Waals surface area contributed by atoms with E-state index in [4.69, 9.17) is 5.14 Å². The van der Waals surface area contributed by atoms with Crippen LogP contribution in [0.4, 0.5) is 15.6 Å². The maximum Gasteiger partial charge on any atom is 0.325 e. The van der Waals surface area contributed by atoms with Gasteiger partial charge in [0.2, 0.25) is 10.0 Å². The molecule has 2 aromatic rings. The third-order valence-corrected chi connectivity index (χ3v) is 5.17. The molecule has 3 rings (SSSR count). The smallest absolute Gasteiger partial charge is 0.308 e. The van der Waals surface area contributed by atoms with Crippen LogP contribution in [-0.2, 0) is 10.0 Å². The zero-order chi connectivity index (χ0) is 15.7. The van der Waals surface area contributed by atoms with Crippen molar-refractivity contribution in [3.63, 3.8) is 0 Å². The van der Waals surface area contributed by atoms with Crippen molar-refractivity contribution in [3.8, 4) is 0 Å². The highest BCUT2D eigenvalue weighted by Crippen LogP contribution is 2.43. The number of hydrogen-bond donors (Lipinski definition) is 3. The Kier molecular flexibility index (Phi) is 3.85. The van der Waals surface area contributed by atoms with Crippen molar-refractivity contribution in [2.24, 2.45) is 5.14 Å². The molecule has 0 unspecified atom stereocenters.